The Balaban J connectivity index is 1.58. The minimum Gasteiger partial charge on any atom is -0.383 e. The Hall–Kier alpha value is -3.23. The third-order valence-electron chi connectivity index (χ3n) is 5.58. The molecule has 1 fully saturated rings. The first-order chi connectivity index (χ1) is 15.9. The maximum atomic E-state index is 14.7. The van der Waals surface area contributed by atoms with E-state index >= 15 is 0 Å². The summed E-state index contributed by atoms with van der Waals surface area (Å²) in [7, 11) is 0. The molecule has 4 N–H and O–H groups in total. The number of anilines is 1. The highest BCUT2D eigenvalue weighted by Crippen LogP contribution is 2.33. The summed E-state index contributed by atoms with van der Waals surface area (Å²) in [5.74, 6) is 0.731. The van der Waals surface area contributed by atoms with E-state index in [0.717, 1.165) is 25.1 Å². The smallest absolute Gasteiger partial charge is 0.146 e. The minimum absolute atomic E-state index is 0.213. The Bertz CT molecular complexity index is 1150. The van der Waals surface area contributed by atoms with Gasteiger partial charge in [0.25, 0.3) is 0 Å². The summed E-state index contributed by atoms with van der Waals surface area (Å²) >= 11 is 6.32. The average molecular weight is 471 g/mol. The fraction of sp³-hybridized carbons (Fsp3) is 0.250. The van der Waals surface area contributed by atoms with E-state index in [1.807, 2.05) is 0 Å². The zero-order chi connectivity index (χ0) is 23.4. The number of rotatable bonds is 8. The highest BCUT2D eigenvalue weighted by Gasteiger charge is 2.24. The molecule has 0 aliphatic carbocycles. The van der Waals surface area contributed by atoms with Gasteiger partial charge in [0.2, 0.25) is 0 Å². The number of hydrogen-bond donors (Lipinski definition) is 3. The van der Waals surface area contributed by atoms with Gasteiger partial charge in [0.1, 0.15) is 34.8 Å². The van der Waals surface area contributed by atoms with Gasteiger partial charge in [-0.05, 0) is 55.3 Å². The average Bonchev–Trinajstić information content (AvgIpc) is 3.41. The van der Waals surface area contributed by atoms with Crippen molar-refractivity contribution >= 4 is 23.6 Å². The molecule has 1 aliphatic rings. The second-order valence-corrected chi connectivity index (χ2v) is 8.36. The van der Waals surface area contributed by atoms with Crippen LogP contribution in [-0.4, -0.2) is 28.9 Å². The molecule has 2 aromatic carbocycles. The molecule has 0 amide bonds. The summed E-state index contributed by atoms with van der Waals surface area (Å²) in [6.07, 6.45) is 2.49. The minimum atomic E-state index is -0.466. The zero-order valence-corrected chi connectivity index (χ0v) is 18.7. The van der Waals surface area contributed by atoms with Gasteiger partial charge in [-0.15, -0.1) is 0 Å². The van der Waals surface area contributed by atoms with E-state index < -0.39 is 5.82 Å². The van der Waals surface area contributed by atoms with Crippen molar-refractivity contribution in [1.29, 1.82) is 0 Å². The Morgan fingerprint density at radius 3 is 2.79 bits per heavy atom. The second kappa shape index (κ2) is 10.1. The van der Waals surface area contributed by atoms with Crippen LogP contribution in [-0.2, 0) is 13.1 Å². The van der Waals surface area contributed by atoms with Crippen LogP contribution < -0.4 is 16.4 Å². The van der Waals surface area contributed by atoms with Crippen molar-refractivity contribution in [2.45, 2.75) is 19.5 Å². The van der Waals surface area contributed by atoms with Crippen molar-refractivity contribution in [3.05, 3.63) is 82.8 Å². The van der Waals surface area contributed by atoms with E-state index in [1.165, 1.54) is 24.4 Å². The number of imidazole rings is 1. The first-order valence-corrected chi connectivity index (χ1v) is 11.0. The lowest BCUT2D eigenvalue weighted by molar-refractivity contribution is 0.487. The molecule has 9 heteroatoms. The molecule has 0 saturated carbocycles. The number of nitrogens with zero attached hydrogens (tertiary/aromatic N) is 3. The van der Waals surface area contributed by atoms with Gasteiger partial charge in [0.15, 0.2) is 0 Å². The monoisotopic (exact) mass is 470 g/mol. The fourth-order valence-electron chi connectivity index (χ4n) is 3.79. The molecule has 1 aromatic heterocycles. The van der Waals surface area contributed by atoms with Crippen molar-refractivity contribution < 1.29 is 8.78 Å². The van der Waals surface area contributed by atoms with Gasteiger partial charge < -0.3 is 20.9 Å². The van der Waals surface area contributed by atoms with Gasteiger partial charge >= 0.3 is 0 Å². The topological polar surface area (TPSA) is 80.3 Å². The van der Waals surface area contributed by atoms with E-state index in [4.69, 9.17) is 17.3 Å². The van der Waals surface area contributed by atoms with Crippen LogP contribution in [0.15, 0.2) is 59.9 Å². The molecule has 1 aliphatic heterocycles. The van der Waals surface area contributed by atoms with Gasteiger partial charge in [-0.3, -0.25) is 0 Å². The molecule has 0 spiro atoms. The second-order valence-electron chi connectivity index (χ2n) is 7.96. The number of hydrogen-bond acceptors (Lipinski definition) is 5. The lowest BCUT2D eigenvalue weighted by Crippen LogP contribution is -2.17. The van der Waals surface area contributed by atoms with Crippen molar-refractivity contribution in [3.8, 4) is 11.4 Å². The largest absolute Gasteiger partial charge is 0.383 e. The predicted octanol–water partition coefficient (Wildman–Crippen LogP) is 4.35. The van der Waals surface area contributed by atoms with Crippen molar-refractivity contribution in [2.24, 2.45) is 10.9 Å². The maximum Gasteiger partial charge on any atom is 0.146 e. The lowest BCUT2D eigenvalue weighted by atomic mass is 10.1. The van der Waals surface area contributed by atoms with Crippen LogP contribution in [0.4, 0.5) is 14.6 Å². The van der Waals surface area contributed by atoms with E-state index in [1.54, 1.807) is 28.8 Å². The third-order valence-corrected chi connectivity index (χ3v) is 5.89. The Morgan fingerprint density at radius 1 is 1.30 bits per heavy atom. The van der Waals surface area contributed by atoms with Gasteiger partial charge in [-0.1, -0.05) is 36.4 Å². The van der Waals surface area contributed by atoms with Crippen LogP contribution in [0.2, 0.25) is 5.02 Å². The van der Waals surface area contributed by atoms with Crippen LogP contribution in [0.3, 0.4) is 0 Å². The molecular weight excluding hydrogens is 446 g/mol. The summed E-state index contributed by atoms with van der Waals surface area (Å²) < 4.78 is 29.6. The number of halogens is 3. The highest BCUT2D eigenvalue weighted by molar-refractivity contribution is 6.33. The highest BCUT2D eigenvalue weighted by atomic mass is 35.5. The number of nitrogen functional groups attached to an aromatic ring is 1. The molecule has 0 bridgehead atoms. The zero-order valence-electron chi connectivity index (χ0n) is 18.0. The molecule has 1 saturated heterocycles. The van der Waals surface area contributed by atoms with Crippen molar-refractivity contribution in [2.75, 3.05) is 18.8 Å². The van der Waals surface area contributed by atoms with Crippen LogP contribution in [0.1, 0.15) is 17.7 Å². The quantitative estimate of drug-likeness (QED) is 0.427. The molecule has 1 atom stereocenters. The van der Waals surface area contributed by atoms with Crippen LogP contribution in [0, 0.1) is 17.6 Å². The van der Waals surface area contributed by atoms with Crippen LogP contribution >= 0.6 is 11.6 Å². The molecule has 172 valence electrons. The molecule has 4 rings (SSSR count). The van der Waals surface area contributed by atoms with E-state index in [2.05, 4.69) is 27.2 Å². The first-order valence-electron chi connectivity index (χ1n) is 10.6. The van der Waals surface area contributed by atoms with Crippen LogP contribution in [0.5, 0.6) is 0 Å². The van der Waals surface area contributed by atoms with Crippen molar-refractivity contribution in [3.63, 3.8) is 0 Å². The molecule has 33 heavy (non-hydrogen) atoms. The van der Waals surface area contributed by atoms with E-state index in [0.29, 0.717) is 42.2 Å². The molecule has 2 heterocycles. The first kappa shape index (κ1) is 22.9. The molecular formula is C24H25ClF2N6. The Labute approximate surface area is 196 Å². The summed E-state index contributed by atoms with van der Waals surface area (Å²) in [4.78, 5) is 8.89. The van der Waals surface area contributed by atoms with Gasteiger partial charge in [0.05, 0.1) is 16.8 Å². The SMILES string of the molecule is C=C(N=Cc1nc(-c2c(F)cccc2Cl)n(C[C@H]2CCNC2)c1N)NCc1ccc(F)cc1. The third kappa shape index (κ3) is 5.40. The molecule has 0 radical (unpaired) electrons. The maximum absolute atomic E-state index is 14.7. The fourth-order valence-corrected chi connectivity index (χ4v) is 4.03. The van der Waals surface area contributed by atoms with E-state index in [-0.39, 0.29) is 16.4 Å². The summed E-state index contributed by atoms with van der Waals surface area (Å²) in [6.45, 7) is 6.70. The number of nitrogens with two attached hydrogens (primary N) is 1. The van der Waals surface area contributed by atoms with Crippen molar-refractivity contribution in [1.82, 2.24) is 20.2 Å². The van der Waals surface area contributed by atoms with Crippen LogP contribution in [0.25, 0.3) is 11.4 Å². The molecule has 0 unspecified atom stereocenters. The predicted molar refractivity (Wildman–Crippen MR) is 128 cm³/mol. The Kier molecular flexibility index (Phi) is 7.05. The van der Waals surface area contributed by atoms with Gasteiger partial charge in [0, 0.05) is 13.1 Å². The Morgan fingerprint density at radius 2 is 2.09 bits per heavy atom. The molecule has 3 aromatic rings. The number of aliphatic imine (C=N–C) groups is 1. The van der Waals surface area contributed by atoms with Gasteiger partial charge in [-0.25, -0.2) is 18.8 Å². The summed E-state index contributed by atoms with van der Waals surface area (Å²) in [5, 5.41) is 6.65. The standard InChI is InChI=1S/C24H25ClF2N6/c1-15(30-12-16-5-7-18(26)8-6-16)31-13-21-23(28)33(14-17-9-10-29-11-17)24(32-21)22-19(25)3-2-4-20(22)27/h2-8,13,17,29-30H,1,9-12,14,28H2/t17-/m0/s1. The normalized spacial score (nSPS) is 15.9. The number of benzene rings is 2. The van der Waals surface area contributed by atoms with E-state index in [9.17, 15) is 8.78 Å². The lowest BCUT2D eigenvalue weighted by Gasteiger charge is -2.15. The number of nitrogens with one attached hydrogen (secondary N) is 2. The van der Waals surface area contributed by atoms with Gasteiger partial charge in [-0.2, -0.15) is 0 Å². The summed E-state index contributed by atoms with van der Waals surface area (Å²) in [6, 6.07) is 10.7. The summed E-state index contributed by atoms with van der Waals surface area (Å²) in [5.41, 5.74) is 7.93. The number of aromatic nitrogens is 2. The molecule has 6 nitrogen and oxygen atoms in total.